The molecule has 4 aliphatic heterocycles. The zero-order valence-electron chi connectivity index (χ0n) is 23.1. The number of morpholine rings is 1. The molecule has 0 aromatic carbocycles. The Morgan fingerprint density at radius 2 is 1.90 bits per heavy atom. The van der Waals surface area contributed by atoms with Gasteiger partial charge in [0, 0.05) is 45.9 Å². The molecule has 39 heavy (non-hydrogen) atoms. The fourth-order valence-electron chi connectivity index (χ4n) is 6.73. The van der Waals surface area contributed by atoms with Crippen molar-refractivity contribution >= 4 is 17.8 Å². The highest BCUT2D eigenvalue weighted by Gasteiger charge is 2.75. The molecule has 2 bridgehead atoms. The van der Waals surface area contributed by atoms with Gasteiger partial charge in [0.15, 0.2) is 0 Å². The van der Waals surface area contributed by atoms with Crippen molar-refractivity contribution in [2.75, 3.05) is 65.7 Å². The third kappa shape index (κ3) is 6.24. The van der Waals surface area contributed by atoms with Gasteiger partial charge in [0.1, 0.15) is 11.6 Å². The number of unbranched alkanes of at least 4 members (excludes halogenated alkanes) is 3. The number of carbonyl (C=O) groups is 3. The Hall–Kier alpha value is -2.27. The van der Waals surface area contributed by atoms with E-state index in [1.165, 1.54) is 0 Å². The van der Waals surface area contributed by atoms with Crippen molar-refractivity contribution in [3.63, 3.8) is 0 Å². The normalized spacial score (nSPS) is 29.9. The van der Waals surface area contributed by atoms with Crippen molar-refractivity contribution in [1.82, 2.24) is 14.7 Å². The van der Waals surface area contributed by atoms with Crippen LogP contribution in [0, 0.1) is 11.8 Å². The number of hydrogen-bond acceptors (Lipinski definition) is 8. The molecule has 0 saturated carbocycles. The zero-order valence-corrected chi connectivity index (χ0v) is 23.1. The van der Waals surface area contributed by atoms with Gasteiger partial charge in [0.25, 0.3) is 0 Å². The molecular formula is C29H45N3O7. The maximum atomic E-state index is 14.3. The highest BCUT2D eigenvalue weighted by atomic mass is 16.6. The summed E-state index contributed by atoms with van der Waals surface area (Å²) in [5, 5.41) is 9.13. The van der Waals surface area contributed by atoms with Gasteiger partial charge in [-0.15, -0.1) is 13.2 Å². The number of ether oxygens (including phenoxy) is 3. The molecular weight excluding hydrogens is 502 g/mol. The molecule has 5 atom stereocenters. The third-order valence-corrected chi connectivity index (χ3v) is 8.63. The van der Waals surface area contributed by atoms with Crippen molar-refractivity contribution < 1.29 is 33.7 Å². The number of rotatable bonds is 16. The van der Waals surface area contributed by atoms with Crippen molar-refractivity contribution in [1.29, 1.82) is 0 Å². The van der Waals surface area contributed by atoms with Crippen LogP contribution in [0.25, 0.3) is 0 Å². The van der Waals surface area contributed by atoms with Crippen molar-refractivity contribution in [3.8, 4) is 0 Å². The maximum absolute atomic E-state index is 14.3. The highest BCUT2D eigenvalue weighted by Crippen LogP contribution is 2.58. The number of amides is 2. The summed E-state index contributed by atoms with van der Waals surface area (Å²) in [6.07, 6.45) is 7.82. The second kappa shape index (κ2) is 13.9. The van der Waals surface area contributed by atoms with E-state index < -0.39 is 35.6 Å². The van der Waals surface area contributed by atoms with Crippen molar-refractivity contribution in [2.24, 2.45) is 11.8 Å². The van der Waals surface area contributed by atoms with Crippen LogP contribution in [-0.2, 0) is 28.6 Å². The number of hydrogen-bond donors (Lipinski definition) is 1. The van der Waals surface area contributed by atoms with Gasteiger partial charge in [-0.25, -0.2) is 0 Å². The van der Waals surface area contributed by atoms with Crippen LogP contribution < -0.4 is 0 Å². The van der Waals surface area contributed by atoms with E-state index in [9.17, 15) is 14.4 Å². The van der Waals surface area contributed by atoms with Crippen LogP contribution in [0.5, 0.6) is 0 Å². The van der Waals surface area contributed by atoms with E-state index in [2.05, 4.69) is 18.1 Å². The molecule has 2 unspecified atom stereocenters. The van der Waals surface area contributed by atoms with E-state index in [-0.39, 0.29) is 25.0 Å². The SMILES string of the molecule is C=CCCOC(=O)[C@@H]1[C@@H]2CCC3(O2)C(C(=O)N(CC=C)CCN2CCOCC2)N(CCCCCCO)C(=O)[C@H]13. The second-order valence-corrected chi connectivity index (χ2v) is 11.0. The van der Waals surface area contributed by atoms with Gasteiger partial charge >= 0.3 is 5.97 Å². The predicted molar refractivity (Wildman–Crippen MR) is 145 cm³/mol. The van der Waals surface area contributed by atoms with E-state index in [0.29, 0.717) is 71.5 Å². The Balaban J connectivity index is 1.56. The third-order valence-electron chi connectivity index (χ3n) is 8.63. The summed E-state index contributed by atoms with van der Waals surface area (Å²) in [7, 11) is 0. The highest BCUT2D eigenvalue weighted by molar-refractivity contribution is 5.98. The predicted octanol–water partition coefficient (Wildman–Crippen LogP) is 1.38. The monoisotopic (exact) mass is 547 g/mol. The molecule has 4 fully saturated rings. The summed E-state index contributed by atoms with van der Waals surface area (Å²) in [4.78, 5) is 47.2. The molecule has 4 saturated heterocycles. The molecule has 4 rings (SSSR count). The average Bonchev–Trinajstić information content (AvgIpc) is 3.58. The van der Waals surface area contributed by atoms with Gasteiger partial charge < -0.3 is 29.1 Å². The van der Waals surface area contributed by atoms with Crippen LogP contribution in [0.4, 0.5) is 0 Å². The number of likely N-dealkylation sites (tertiary alicyclic amines) is 1. The fraction of sp³-hybridized carbons (Fsp3) is 0.759. The Bertz CT molecular complexity index is 892. The van der Waals surface area contributed by atoms with E-state index in [4.69, 9.17) is 19.3 Å². The minimum Gasteiger partial charge on any atom is -0.465 e. The average molecular weight is 548 g/mol. The van der Waals surface area contributed by atoms with Crippen LogP contribution in [0.15, 0.2) is 25.3 Å². The van der Waals surface area contributed by atoms with Crippen LogP contribution >= 0.6 is 0 Å². The first-order valence-electron chi connectivity index (χ1n) is 14.5. The summed E-state index contributed by atoms with van der Waals surface area (Å²) in [6, 6.07) is -0.784. The Morgan fingerprint density at radius 1 is 1.13 bits per heavy atom. The van der Waals surface area contributed by atoms with Gasteiger partial charge in [0.05, 0.1) is 37.8 Å². The zero-order chi connectivity index (χ0) is 27.8. The van der Waals surface area contributed by atoms with Gasteiger partial charge in [-0.2, -0.15) is 0 Å². The lowest BCUT2D eigenvalue weighted by atomic mass is 9.70. The molecule has 1 N–H and O–H groups in total. The van der Waals surface area contributed by atoms with E-state index in [1.54, 1.807) is 22.0 Å². The molecule has 4 aliphatic rings. The second-order valence-electron chi connectivity index (χ2n) is 11.0. The number of carbonyl (C=O) groups excluding carboxylic acids is 3. The molecule has 4 heterocycles. The molecule has 218 valence electrons. The summed E-state index contributed by atoms with van der Waals surface area (Å²) in [6.45, 7) is 12.9. The summed E-state index contributed by atoms with van der Waals surface area (Å²) < 4.78 is 17.5. The van der Waals surface area contributed by atoms with E-state index in [1.807, 2.05) is 0 Å². The minimum absolute atomic E-state index is 0.138. The number of nitrogens with zero attached hydrogens (tertiary/aromatic N) is 3. The molecule has 10 heteroatoms. The lowest BCUT2D eigenvalue weighted by Crippen LogP contribution is -2.57. The first-order valence-corrected chi connectivity index (χ1v) is 14.5. The number of fused-ring (bicyclic) bond motifs is 1. The van der Waals surface area contributed by atoms with Crippen LogP contribution in [-0.4, -0.2) is 121 Å². The number of esters is 1. The number of aliphatic hydroxyl groups excluding tert-OH is 1. The van der Waals surface area contributed by atoms with Crippen molar-refractivity contribution in [3.05, 3.63) is 25.3 Å². The van der Waals surface area contributed by atoms with Crippen LogP contribution in [0.2, 0.25) is 0 Å². The first kappa shape index (κ1) is 29.7. The lowest BCUT2D eigenvalue weighted by Gasteiger charge is -2.37. The Kier molecular flexibility index (Phi) is 10.6. The number of aliphatic hydroxyl groups is 1. The Morgan fingerprint density at radius 3 is 2.62 bits per heavy atom. The molecule has 2 amide bonds. The van der Waals surface area contributed by atoms with Gasteiger partial charge in [-0.1, -0.05) is 25.0 Å². The fourth-order valence-corrected chi connectivity index (χ4v) is 6.73. The maximum Gasteiger partial charge on any atom is 0.312 e. The lowest BCUT2D eigenvalue weighted by molar-refractivity contribution is -0.155. The van der Waals surface area contributed by atoms with Crippen molar-refractivity contribution in [2.45, 2.75) is 62.7 Å². The summed E-state index contributed by atoms with van der Waals surface area (Å²) in [5.41, 5.74) is -1.02. The smallest absolute Gasteiger partial charge is 0.312 e. The molecule has 0 aromatic rings. The quantitative estimate of drug-likeness (QED) is 0.175. The van der Waals surface area contributed by atoms with E-state index >= 15 is 0 Å². The minimum atomic E-state index is -1.02. The van der Waals surface area contributed by atoms with E-state index in [0.717, 1.165) is 25.9 Å². The van der Waals surface area contributed by atoms with Gasteiger partial charge in [0.2, 0.25) is 11.8 Å². The molecule has 0 aliphatic carbocycles. The van der Waals surface area contributed by atoms with Gasteiger partial charge in [-0.3, -0.25) is 19.3 Å². The molecule has 0 aromatic heterocycles. The van der Waals surface area contributed by atoms with Crippen LogP contribution in [0.1, 0.15) is 44.9 Å². The molecule has 1 spiro atoms. The summed E-state index contributed by atoms with van der Waals surface area (Å²) in [5.74, 6) is -2.17. The van der Waals surface area contributed by atoms with Crippen LogP contribution in [0.3, 0.4) is 0 Å². The standard InChI is InChI=1S/C29H45N3O7/c1-3-5-19-38-28(36)23-22-10-11-29(39-22)24(23)26(34)32(13-8-6-7-9-18-33)25(29)27(35)31(12-4-2)15-14-30-16-20-37-21-17-30/h3-4,22-25,33H,1-2,5-21H2/t22-,23+,24-,25?,29?/m0/s1. The Labute approximate surface area is 231 Å². The molecule has 10 nitrogen and oxygen atoms in total. The molecule has 0 radical (unpaired) electrons. The first-order chi connectivity index (χ1) is 19.0. The largest absolute Gasteiger partial charge is 0.465 e. The topological polar surface area (TPSA) is 109 Å². The summed E-state index contributed by atoms with van der Waals surface area (Å²) >= 11 is 0. The van der Waals surface area contributed by atoms with Gasteiger partial charge in [-0.05, 0) is 32.1 Å².